The van der Waals surface area contributed by atoms with Gasteiger partial charge in [0.1, 0.15) is 13.2 Å². The fourth-order valence-corrected chi connectivity index (χ4v) is 7.28. The molecule has 0 saturated heterocycles. The summed E-state index contributed by atoms with van der Waals surface area (Å²) in [6, 6.07) is 0. The van der Waals surface area contributed by atoms with E-state index in [1.54, 1.807) is 0 Å². The Kier molecular flexibility index (Phi) is 40.8. The third-order valence-corrected chi connectivity index (χ3v) is 11.0. The van der Waals surface area contributed by atoms with Crippen LogP contribution in [0.1, 0.15) is 266 Å². The highest BCUT2D eigenvalue weighted by Crippen LogP contribution is 2.17. The lowest BCUT2D eigenvalue weighted by Gasteiger charge is -2.18. The maximum Gasteiger partial charge on any atom is 0.306 e. The van der Waals surface area contributed by atoms with E-state index in [1.165, 1.54) is 154 Å². The molecule has 0 rings (SSSR count). The molecule has 0 radical (unpaired) electrons. The van der Waals surface area contributed by atoms with Crippen molar-refractivity contribution in [1.29, 1.82) is 0 Å². The molecule has 6 heteroatoms. The van der Waals surface area contributed by atoms with E-state index in [-0.39, 0.29) is 31.1 Å². The lowest BCUT2D eigenvalue weighted by Crippen LogP contribution is -2.30. The van der Waals surface area contributed by atoms with Gasteiger partial charge in [0.05, 0.1) is 0 Å². The Balaban J connectivity index is 4.25. The van der Waals surface area contributed by atoms with E-state index in [2.05, 4.69) is 34.6 Å². The first-order chi connectivity index (χ1) is 26.7. The second kappa shape index (κ2) is 42.0. The molecule has 0 unspecified atom stereocenters. The number of hydrogen-bond donors (Lipinski definition) is 0. The number of hydrogen-bond acceptors (Lipinski definition) is 6. The van der Waals surface area contributed by atoms with Crippen molar-refractivity contribution in [3.63, 3.8) is 0 Å². The first-order valence-electron chi connectivity index (χ1n) is 24.2. The van der Waals surface area contributed by atoms with Crippen LogP contribution in [-0.4, -0.2) is 37.2 Å². The highest BCUT2D eigenvalue weighted by atomic mass is 16.6. The summed E-state index contributed by atoms with van der Waals surface area (Å²) < 4.78 is 16.7. The van der Waals surface area contributed by atoms with Crippen LogP contribution in [-0.2, 0) is 28.6 Å². The van der Waals surface area contributed by atoms with Gasteiger partial charge in [-0.2, -0.15) is 0 Å². The molecule has 0 heterocycles. The zero-order valence-corrected chi connectivity index (χ0v) is 37.6. The maximum absolute atomic E-state index is 12.7. The van der Waals surface area contributed by atoms with Crippen molar-refractivity contribution in [2.45, 2.75) is 272 Å². The molecule has 0 aliphatic heterocycles. The fourth-order valence-electron chi connectivity index (χ4n) is 7.28. The predicted octanol–water partition coefficient (Wildman–Crippen LogP) is 15.4. The fraction of sp³-hybridized carbons (Fsp3) is 0.939. The Labute approximate surface area is 342 Å². The van der Waals surface area contributed by atoms with Crippen LogP contribution in [0.25, 0.3) is 0 Å². The Hall–Kier alpha value is -1.59. The average molecular weight is 779 g/mol. The molecule has 0 N–H and O–H groups in total. The van der Waals surface area contributed by atoms with E-state index in [9.17, 15) is 14.4 Å². The van der Waals surface area contributed by atoms with Crippen LogP contribution in [0.5, 0.6) is 0 Å². The van der Waals surface area contributed by atoms with Crippen molar-refractivity contribution in [3.05, 3.63) is 0 Å². The second-order valence-corrected chi connectivity index (χ2v) is 17.7. The van der Waals surface area contributed by atoms with Crippen molar-refractivity contribution in [3.8, 4) is 0 Å². The summed E-state index contributed by atoms with van der Waals surface area (Å²) in [5.41, 5.74) is 0. The zero-order valence-electron chi connectivity index (χ0n) is 37.6. The van der Waals surface area contributed by atoms with Crippen molar-refractivity contribution in [2.75, 3.05) is 13.2 Å². The summed E-state index contributed by atoms with van der Waals surface area (Å²) in [6.07, 6.45) is 41.1. The van der Waals surface area contributed by atoms with Gasteiger partial charge >= 0.3 is 17.9 Å². The Morgan fingerprint density at radius 3 is 0.891 bits per heavy atom. The highest BCUT2D eigenvalue weighted by molar-refractivity contribution is 5.71. The first kappa shape index (κ1) is 53.4. The van der Waals surface area contributed by atoms with Crippen LogP contribution in [0.4, 0.5) is 0 Å². The first-order valence-corrected chi connectivity index (χ1v) is 24.2. The molecular formula is C49H94O6. The lowest BCUT2D eigenvalue weighted by atomic mass is 10.0. The summed E-state index contributed by atoms with van der Waals surface area (Å²) in [6.45, 7) is 11.3. The highest BCUT2D eigenvalue weighted by Gasteiger charge is 2.19. The number of carbonyl (C=O) groups is 3. The summed E-state index contributed by atoms with van der Waals surface area (Å²) in [5.74, 6) is 0.696. The minimum absolute atomic E-state index is 0.0655. The monoisotopic (exact) mass is 779 g/mol. The van der Waals surface area contributed by atoms with E-state index in [4.69, 9.17) is 14.2 Å². The third-order valence-electron chi connectivity index (χ3n) is 11.0. The van der Waals surface area contributed by atoms with Gasteiger partial charge in [0.25, 0.3) is 0 Å². The van der Waals surface area contributed by atoms with Gasteiger partial charge in [0.15, 0.2) is 6.10 Å². The van der Waals surface area contributed by atoms with Crippen molar-refractivity contribution in [1.82, 2.24) is 0 Å². The van der Waals surface area contributed by atoms with Gasteiger partial charge in [-0.15, -0.1) is 0 Å². The molecular weight excluding hydrogens is 685 g/mol. The molecule has 0 spiro atoms. The summed E-state index contributed by atoms with van der Waals surface area (Å²) in [4.78, 5) is 37.7. The van der Waals surface area contributed by atoms with Crippen LogP contribution in [0, 0.1) is 11.8 Å². The topological polar surface area (TPSA) is 78.9 Å². The molecule has 6 nitrogen and oxygen atoms in total. The Morgan fingerprint density at radius 2 is 0.600 bits per heavy atom. The normalized spacial score (nSPS) is 12.1. The Morgan fingerprint density at radius 1 is 0.345 bits per heavy atom. The van der Waals surface area contributed by atoms with E-state index in [1.807, 2.05) is 0 Å². The zero-order chi connectivity index (χ0) is 40.5. The predicted molar refractivity (Wildman–Crippen MR) is 233 cm³/mol. The minimum atomic E-state index is -0.761. The van der Waals surface area contributed by atoms with Gasteiger partial charge in [0, 0.05) is 19.3 Å². The maximum atomic E-state index is 12.7. The Bertz CT molecular complexity index is 839. The molecule has 55 heavy (non-hydrogen) atoms. The van der Waals surface area contributed by atoms with Crippen molar-refractivity contribution in [2.24, 2.45) is 11.8 Å². The summed E-state index contributed by atoms with van der Waals surface area (Å²) >= 11 is 0. The number of esters is 3. The van der Waals surface area contributed by atoms with Gasteiger partial charge in [-0.05, 0) is 31.1 Å². The smallest absolute Gasteiger partial charge is 0.306 e. The third kappa shape index (κ3) is 43.4. The molecule has 326 valence electrons. The molecule has 1 atom stereocenters. The number of unbranched alkanes of at least 4 members (excludes halogenated alkanes) is 28. The van der Waals surface area contributed by atoms with E-state index in [0.717, 1.165) is 69.6 Å². The SMILES string of the molecule is CCCCCCCCCCCCCCCCCCCC(=O)OC[C@@H](COC(=O)CCCCCCCCC(C)C)OC(=O)CCCCCCCCCCC(C)C. The number of rotatable bonds is 43. The standard InChI is InChI=1S/C49H94O6/c1-6-7-8-9-10-11-12-13-14-15-16-17-18-19-23-29-34-39-47(50)53-42-46(43-54-48(51)40-35-30-26-25-28-33-38-45(4)5)55-49(52)41-36-31-24-21-20-22-27-32-37-44(2)3/h44-46H,6-43H2,1-5H3/t46-/m0/s1. The molecule has 0 saturated carbocycles. The number of carbonyl (C=O) groups excluding carboxylic acids is 3. The van der Waals surface area contributed by atoms with Gasteiger partial charge in [-0.3, -0.25) is 14.4 Å². The quantitative estimate of drug-likeness (QED) is 0.0348. The van der Waals surface area contributed by atoms with E-state index in [0.29, 0.717) is 19.3 Å². The molecule has 0 fully saturated rings. The van der Waals surface area contributed by atoms with Gasteiger partial charge in [-0.25, -0.2) is 0 Å². The molecule has 0 aromatic carbocycles. The van der Waals surface area contributed by atoms with Crippen LogP contribution in [0.2, 0.25) is 0 Å². The van der Waals surface area contributed by atoms with Crippen LogP contribution in [0.3, 0.4) is 0 Å². The number of ether oxygens (including phenoxy) is 3. The molecule has 0 aromatic heterocycles. The van der Waals surface area contributed by atoms with Crippen molar-refractivity contribution >= 4 is 17.9 Å². The van der Waals surface area contributed by atoms with Crippen molar-refractivity contribution < 1.29 is 28.6 Å². The second-order valence-electron chi connectivity index (χ2n) is 17.7. The van der Waals surface area contributed by atoms with Gasteiger partial charge < -0.3 is 14.2 Å². The molecule has 0 aromatic rings. The van der Waals surface area contributed by atoms with Crippen LogP contribution >= 0.6 is 0 Å². The average Bonchev–Trinajstić information content (AvgIpc) is 3.15. The molecule has 0 bridgehead atoms. The van der Waals surface area contributed by atoms with Gasteiger partial charge in [0.2, 0.25) is 0 Å². The molecule has 0 aliphatic rings. The summed E-state index contributed by atoms with van der Waals surface area (Å²) in [7, 11) is 0. The minimum Gasteiger partial charge on any atom is -0.462 e. The van der Waals surface area contributed by atoms with E-state index >= 15 is 0 Å². The molecule has 0 aliphatic carbocycles. The van der Waals surface area contributed by atoms with Crippen LogP contribution < -0.4 is 0 Å². The summed E-state index contributed by atoms with van der Waals surface area (Å²) in [5, 5.41) is 0. The molecule has 0 amide bonds. The van der Waals surface area contributed by atoms with Gasteiger partial charge in [-0.1, -0.05) is 227 Å². The van der Waals surface area contributed by atoms with Crippen LogP contribution in [0.15, 0.2) is 0 Å². The largest absolute Gasteiger partial charge is 0.462 e. The lowest BCUT2D eigenvalue weighted by molar-refractivity contribution is -0.167. The van der Waals surface area contributed by atoms with E-state index < -0.39 is 6.10 Å².